The summed E-state index contributed by atoms with van der Waals surface area (Å²) < 4.78 is 47.5. The van der Waals surface area contributed by atoms with Crippen molar-refractivity contribution in [2.24, 2.45) is 11.7 Å². The van der Waals surface area contributed by atoms with Crippen molar-refractivity contribution >= 4 is 28.2 Å². The summed E-state index contributed by atoms with van der Waals surface area (Å²) in [5, 5.41) is 2.81. The maximum Gasteiger partial charge on any atom is 0.341 e. The topological polar surface area (TPSA) is 89.3 Å². The molecule has 0 saturated carbocycles. The zero-order chi connectivity index (χ0) is 17.6. The molecule has 3 N–H and O–H groups in total. The first-order chi connectivity index (χ1) is 10.7. The maximum atomic E-state index is 12.4. The Kier molecular flexibility index (Phi) is 9.39. The molecule has 1 aromatic rings. The van der Waals surface area contributed by atoms with Gasteiger partial charge in [-0.1, -0.05) is 26.0 Å². The molecule has 0 aromatic heterocycles. The number of halogens is 3. The van der Waals surface area contributed by atoms with Gasteiger partial charge in [-0.25, -0.2) is 8.42 Å². The number of carbonyl (C=O) groups excluding carboxylic acids is 1. The molecule has 0 aliphatic carbocycles. The fourth-order valence-corrected chi connectivity index (χ4v) is 2.87. The third kappa shape index (κ3) is 6.70. The first kappa shape index (κ1) is 22.8. The Morgan fingerprint density at radius 1 is 1.21 bits per heavy atom. The molecule has 24 heavy (non-hydrogen) atoms. The third-order valence-electron chi connectivity index (χ3n) is 3.26. The third-order valence-corrected chi connectivity index (χ3v) is 4.66. The molecule has 1 amide bonds. The standard InChI is InChI=1S/C15H22F2N2O3S.ClH/c1-10(2)7-12(9-18)19-14(20)8-11-3-5-13(6-4-11)23(21,22)15(16)17;/h3-6,10,12,15H,7-9,18H2,1-2H3,(H,19,20);1H. The van der Waals surface area contributed by atoms with Crippen molar-refractivity contribution in [3.05, 3.63) is 29.8 Å². The minimum atomic E-state index is -4.61. The molecule has 0 spiro atoms. The molecule has 0 aliphatic rings. The number of alkyl halides is 2. The van der Waals surface area contributed by atoms with Gasteiger partial charge in [-0.15, -0.1) is 12.4 Å². The molecule has 0 radical (unpaired) electrons. The summed E-state index contributed by atoms with van der Waals surface area (Å²) in [5.41, 5.74) is 6.14. The molecule has 0 bridgehead atoms. The number of benzene rings is 1. The summed E-state index contributed by atoms with van der Waals surface area (Å²) in [6, 6.07) is 4.75. The normalized spacial score (nSPS) is 12.8. The molecule has 1 rings (SSSR count). The van der Waals surface area contributed by atoms with E-state index in [1.807, 2.05) is 13.8 Å². The van der Waals surface area contributed by atoms with Crippen LogP contribution in [-0.2, 0) is 21.1 Å². The molecule has 0 aliphatic heterocycles. The Bertz CT molecular complexity index is 622. The number of nitrogens with two attached hydrogens (primary N) is 1. The van der Waals surface area contributed by atoms with Gasteiger partial charge in [0, 0.05) is 12.6 Å². The highest BCUT2D eigenvalue weighted by molar-refractivity contribution is 7.91. The average molecular weight is 385 g/mol. The van der Waals surface area contributed by atoms with Gasteiger partial charge in [0.25, 0.3) is 0 Å². The quantitative estimate of drug-likeness (QED) is 0.718. The number of carbonyl (C=O) groups is 1. The lowest BCUT2D eigenvalue weighted by atomic mass is 10.0. The highest BCUT2D eigenvalue weighted by Gasteiger charge is 2.26. The lowest BCUT2D eigenvalue weighted by Gasteiger charge is -2.18. The first-order valence-corrected chi connectivity index (χ1v) is 8.81. The van der Waals surface area contributed by atoms with Gasteiger partial charge in [-0.3, -0.25) is 4.79 Å². The van der Waals surface area contributed by atoms with Crippen LogP contribution in [-0.4, -0.2) is 32.7 Å². The molecule has 0 fully saturated rings. The highest BCUT2D eigenvalue weighted by Crippen LogP contribution is 2.18. The van der Waals surface area contributed by atoms with Gasteiger partial charge in [0.05, 0.1) is 11.3 Å². The van der Waals surface area contributed by atoms with E-state index < -0.39 is 20.5 Å². The Hall–Kier alpha value is -1.25. The fraction of sp³-hybridized carbons (Fsp3) is 0.533. The van der Waals surface area contributed by atoms with E-state index >= 15 is 0 Å². The van der Waals surface area contributed by atoms with Gasteiger partial charge in [0.2, 0.25) is 15.7 Å². The summed E-state index contributed by atoms with van der Waals surface area (Å²) in [6.45, 7) is 4.38. The van der Waals surface area contributed by atoms with Crippen molar-refractivity contribution in [2.45, 2.75) is 43.4 Å². The Balaban J connectivity index is 0.00000529. The molecule has 0 saturated heterocycles. The van der Waals surface area contributed by atoms with Crippen LogP contribution in [0.2, 0.25) is 0 Å². The Morgan fingerprint density at radius 3 is 2.17 bits per heavy atom. The van der Waals surface area contributed by atoms with Crippen LogP contribution in [0, 0.1) is 5.92 Å². The summed E-state index contributed by atoms with van der Waals surface area (Å²) in [4.78, 5) is 11.5. The van der Waals surface area contributed by atoms with E-state index in [0.717, 1.165) is 18.6 Å². The van der Waals surface area contributed by atoms with Crippen LogP contribution in [0.1, 0.15) is 25.8 Å². The maximum absolute atomic E-state index is 12.4. The van der Waals surface area contributed by atoms with E-state index in [-0.39, 0.29) is 30.8 Å². The van der Waals surface area contributed by atoms with Crippen molar-refractivity contribution in [2.75, 3.05) is 6.54 Å². The van der Waals surface area contributed by atoms with E-state index in [4.69, 9.17) is 5.73 Å². The second kappa shape index (κ2) is 9.90. The second-order valence-corrected chi connectivity index (χ2v) is 7.67. The van der Waals surface area contributed by atoms with Gasteiger partial charge < -0.3 is 11.1 Å². The largest absolute Gasteiger partial charge is 0.352 e. The molecule has 0 heterocycles. The summed E-state index contributed by atoms with van der Waals surface area (Å²) in [6.07, 6.45) is 0.789. The van der Waals surface area contributed by atoms with Gasteiger partial charge in [0.15, 0.2) is 0 Å². The van der Waals surface area contributed by atoms with Gasteiger partial charge >= 0.3 is 5.76 Å². The van der Waals surface area contributed by atoms with Crippen LogP contribution >= 0.6 is 12.4 Å². The molecule has 1 atom stereocenters. The summed E-state index contributed by atoms with van der Waals surface area (Å²) in [7, 11) is -4.61. The van der Waals surface area contributed by atoms with E-state index in [1.165, 1.54) is 12.1 Å². The zero-order valence-corrected chi connectivity index (χ0v) is 15.2. The number of amides is 1. The molecular weight excluding hydrogens is 362 g/mol. The number of rotatable bonds is 8. The van der Waals surface area contributed by atoms with E-state index in [1.54, 1.807) is 0 Å². The van der Waals surface area contributed by atoms with Crippen LogP contribution in [0.4, 0.5) is 8.78 Å². The van der Waals surface area contributed by atoms with Crippen molar-refractivity contribution < 1.29 is 22.0 Å². The van der Waals surface area contributed by atoms with Gasteiger partial charge in [0.1, 0.15) is 0 Å². The molecule has 1 unspecified atom stereocenters. The van der Waals surface area contributed by atoms with Crippen LogP contribution < -0.4 is 11.1 Å². The molecule has 138 valence electrons. The lowest BCUT2D eigenvalue weighted by molar-refractivity contribution is -0.121. The van der Waals surface area contributed by atoms with Crippen LogP contribution in [0.15, 0.2) is 29.2 Å². The molecule has 9 heteroatoms. The van der Waals surface area contributed by atoms with Crippen LogP contribution in [0.25, 0.3) is 0 Å². The number of hydrogen-bond donors (Lipinski definition) is 2. The summed E-state index contributed by atoms with van der Waals surface area (Å²) >= 11 is 0. The number of sulfone groups is 1. The number of hydrogen-bond acceptors (Lipinski definition) is 4. The van der Waals surface area contributed by atoms with Crippen molar-refractivity contribution in [1.29, 1.82) is 0 Å². The molecule has 1 aromatic carbocycles. The fourth-order valence-electron chi connectivity index (χ4n) is 2.15. The van der Waals surface area contributed by atoms with E-state index in [0.29, 0.717) is 18.0 Å². The average Bonchev–Trinajstić information content (AvgIpc) is 2.46. The Labute approximate surface area is 147 Å². The zero-order valence-electron chi connectivity index (χ0n) is 13.5. The minimum absolute atomic E-state index is 0. The van der Waals surface area contributed by atoms with E-state index in [9.17, 15) is 22.0 Å². The second-order valence-electron chi connectivity index (χ2n) is 5.76. The van der Waals surface area contributed by atoms with E-state index in [2.05, 4.69) is 5.32 Å². The predicted molar refractivity (Wildman–Crippen MR) is 91.0 cm³/mol. The van der Waals surface area contributed by atoms with Gasteiger partial charge in [-0.05, 0) is 30.0 Å². The SMILES string of the molecule is CC(C)CC(CN)NC(=O)Cc1ccc(S(=O)(=O)C(F)F)cc1.Cl. The molecular formula is C15H23ClF2N2O3S. The lowest BCUT2D eigenvalue weighted by Crippen LogP contribution is -2.41. The van der Waals surface area contributed by atoms with Gasteiger partial charge in [-0.2, -0.15) is 8.78 Å². The molecule has 5 nitrogen and oxygen atoms in total. The first-order valence-electron chi connectivity index (χ1n) is 7.27. The van der Waals surface area contributed by atoms with Crippen LogP contribution in [0.5, 0.6) is 0 Å². The monoisotopic (exact) mass is 384 g/mol. The smallest absolute Gasteiger partial charge is 0.341 e. The minimum Gasteiger partial charge on any atom is -0.352 e. The Morgan fingerprint density at radius 2 is 1.75 bits per heavy atom. The number of nitrogens with one attached hydrogen (secondary N) is 1. The van der Waals surface area contributed by atoms with Crippen LogP contribution in [0.3, 0.4) is 0 Å². The van der Waals surface area contributed by atoms with Crippen molar-refractivity contribution in [1.82, 2.24) is 5.32 Å². The summed E-state index contributed by atoms with van der Waals surface area (Å²) in [5.74, 6) is -3.31. The van der Waals surface area contributed by atoms with Crippen molar-refractivity contribution in [3.8, 4) is 0 Å². The highest BCUT2D eigenvalue weighted by atomic mass is 35.5. The van der Waals surface area contributed by atoms with Crippen molar-refractivity contribution in [3.63, 3.8) is 0 Å². The predicted octanol–water partition coefficient (Wildman–Crippen LogP) is 2.14.